The number of halogens is 14. The van der Waals surface area contributed by atoms with E-state index >= 15 is 0 Å². The molecule has 268 valence electrons. The van der Waals surface area contributed by atoms with Gasteiger partial charge in [-0.1, -0.05) is 40.5 Å². The van der Waals surface area contributed by atoms with Gasteiger partial charge in [-0.3, -0.25) is 9.11 Å². The summed E-state index contributed by atoms with van der Waals surface area (Å²) in [5.41, 5.74) is 0. The zero-order valence-electron chi connectivity index (χ0n) is 22.8. The molecule has 0 heterocycles. The van der Waals surface area contributed by atoms with Crippen LogP contribution in [0.15, 0.2) is 11.9 Å². The van der Waals surface area contributed by atoms with Crippen molar-refractivity contribution in [2.24, 2.45) is 0 Å². The molecule has 2 N–H and O–H groups in total. The van der Waals surface area contributed by atoms with Gasteiger partial charge in [-0.25, -0.2) is 0 Å². The molecule has 0 aliphatic heterocycles. The van der Waals surface area contributed by atoms with E-state index in [4.69, 9.17) is 9.11 Å². The summed E-state index contributed by atoms with van der Waals surface area (Å²) in [6, 6.07) is 0. The Morgan fingerprint density at radius 1 is 0.636 bits per heavy atom. The van der Waals surface area contributed by atoms with Gasteiger partial charge in [0.1, 0.15) is 0 Å². The van der Waals surface area contributed by atoms with Gasteiger partial charge in [0.05, 0.1) is 12.2 Å². The van der Waals surface area contributed by atoms with E-state index in [2.05, 4.69) is 9.47 Å². The van der Waals surface area contributed by atoms with E-state index in [0.29, 0.717) is 12.8 Å². The Bertz CT molecular complexity index is 1100. The summed E-state index contributed by atoms with van der Waals surface area (Å²) in [4.78, 5) is 1.41. The molecule has 0 fully saturated rings. The minimum Gasteiger partial charge on any atom is -0.311 e. The van der Waals surface area contributed by atoms with E-state index in [1.54, 1.807) is 20.8 Å². The highest BCUT2D eigenvalue weighted by Gasteiger charge is 2.69. The summed E-state index contributed by atoms with van der Waals surface area (Å²) < 4.78 is 232. The zero-order valence-corrected chi connectivity index (χ0v) is 24.4. The molecule has 25 heteroatoms. The van der Waals surface area contributed by atoms with Gasteiger partial charge in [0.25, 0.3) is 5.83 Å². The lowest BCUT2D eigenvalue weighted by molar-refractivity contribution is -0.403. The van der Waals surface area contributed by atoms with Crippen molar-refractivity contribution in [1.29, 1.82) is 0 Å². The minimum atomic E-state index is -6.42. The summed E-state index contributed by atoms with van der Waals surface area (Å²) in [5, 5.41) is -11.7. The van der Waals surface area contributed by atoms with Crippen molar-refractivity contribution in [3.63, 3.8) is 0 Å². The van der Waals surface area contributed by atoms with Crippen LogP contribution in [0.3, 0.4) is 0 Å². The largest absolute Gasteiger partial charge is 0.467 e. The van der Waals surface area contributed by atoms with Crippen molar-refractivity contribution in [3.05, 3.63) is 11.9 Å². The molecule has 44 heavy (non-hydrogen) atoms. The second-order valence-corrected chi connectivity index (χ2v) is 11.0. The molecule has 0 spiro atoms. The fourth-order valence-electron chi connectivity index (χ4n) is 2.33. The van der Waals surface area contributed by atoms with Crippen LogP contribution < -0.4 is 0 Å². The minimum absolute atomic E-state index is 0.0188. The predicted molar refractivity (Wildman–Crippen MR) is 121 cm³/mol. The molecule has 0 rings (SSSR count). The maximum atomic E-state index is 12.9. The third-order valence-electron chi connectivity index (χ3n) is 4.61. The predicted octanol–water partition coefficient (Wildman–Crippen LogP) is 7.87. The number of rotatable bonds is 16. The Hall–Kier alpha value is -1.54. The highest BCUT2D eigenvalue weighted by Crippen LogP contribution is 2.41. The molecule has 0 aliphatic carbocycles. The normalized spacial score (nSPS) is 14.9. The van der Waals surface area contributed by atoms with E-state index in [1.807, 2.05) is 0 Å². The van der Waals surface area contributed by atoms with Gasteiger partial charge in [0.2, 0.25) is 0 Å². The van der Waals surface area contributed by atoms with Crippen LogP contribution in [0.4, 0.5) is 61.6 Å². The van der Waals surface area contributed by atoms with Crippen molar-refractivity contribution >= 4 is 20.2 Å². The average Bonchev–Trinajstić information content (AvgIpc) is 2.86. The fraction of sp³-hybridized carbons (Fsp3) is 0.895. The van der Waals surface area contributed by atoms with Gasteiger partial charge >= 0.3 is 55.2 Å². The Morgan fingerprint density at radius 2 is 0.955 bits per heavy atom. The van der Waals surface area contributed by atoms with E-state index in [1.165, 1.54) is 11.9 Å². The highest BCUT2D eigenvalue weighted by atomic mass is 32.2. The van der Waals surface area contributed by atoms with Gasteiger partial charge in [0, 0.05) is 0 Å². The van der Waals surface area contributed by atoms with Crippen LogP contribution in [-0.2, 0) is 34.7 Å². The van der Waals surface area contributed by atoms with Crippen LogP contribution >= 0.6 is 0 Å². The van der Waals surface area contributed by atoms with Crippen LogP contribution in [0.25, 0.3) is 0 Å². The maximum absolute atomic E-state index is 12.9. The van der Waals surface area contributed by atoms with Crippen LogP contribution in [-0.4, -0.2) is 67.0 Å². The first-order valence-electron chi connectivity index (χ1n) is 11.6. The molecule has 0 bridgehead atoms. The number of hydrogen-bond acceptors (Lipinski definition) is 7. The van der Waals surface area contributed by atoms with Crippen molar-refractivity contribution in [2.45, 2.75) is 107 Å². The number of alkyl halides is 10. The van der Waals surface area contributed by atoms with E-state index in [9.17, 15) is 78.4 Å². The average molecular weight is 731 g/mol. The molecule has 2 atom stereocenters. The topological polar surface area (TPSA) is 136 Å². The van der Waals surface area contributed by atoms with E-state index < -0.39 is 73.2 Å². The molecule has 9 nitrogen and oxygen atoms in total. The number of hydrogen-bond donors (Lipinski definition) is 2. The van der Waals surface area contributed by atoms with E-state index in [0.717, 1.165) is 0 Å². The first kappa shape index (κ1) is 46.9. The Balaban J connectivity index is -0.000000582. The molecule has 0 aliphatic rings. The van der Waals surface area contributed by atoms with Crippen LogP contribution in [0, 0.1) is 0 Å². The monoisotopic (exact) mass is 730 g/mol. The molecule has 0 saturated heterocycles. The molecule has 0 aromatic heterocycles. The molecule has 0 saturated carbocycles. The SMILES string of the molecule is CCCC(CC)OC(F)(F)C(F)(F)S(=O)(=O)O.CCCC(CC)OC(F)(F)C(F)=C(F)F.O=S(=O)(O)C(F)(F)C(F)(F)OF. The van der Waals surface area contributed by atoms with Crippen LogP contribution in [0.5, 0.6) is 0 Å². The first-order valence-corrected chi connectivity index (χ1v) is 14.5. The van der Waals surface area contributed by atoms with Crippen molar-refractivity contribution in [2.75, 3.05) is 0 Å². The smallest absolute Gasteiger partial charge is 0.311 e. The standard InChI is InChI=1S/C9H13F5O.C8H14F4O4S.C2HF5O4S/c1-3-5-6(4-2)15-9(13,14)7(10)8(11)12;1-3-5-6(4-2)16-7(9,10)8(11,12)17(13,14)15;3-1(4,11-7)2(5,6)12(8,9)10/h6H,3-5H2,1-2H3;6H,3-5H2,1-2H3,(H,13,14,15);(H,8,9,10). The van der Waals surface area contributed by atoms with Crippen molar-refractivity contribution < 1.29 is 102 Å². The van der Waals surface area contributed by atoms with Gasteiger partial charge < -0.3 is 9.47 Å². The molecular formula is C19H28F14O9S2. The lowest BCUT2D eigenvalue weighted by Crippen LogP contribution is -2.50. The fourth-order valence-corrected chi connectivity index (χ4v) is 3.01. The van der Waals surface area contributed by atoms with Gasteiger partial charge in [0.15, 0.2) is 0 Å². The molecule has 0 radical (unpaired) electrons. The first-order chi connectivity index (χ1) is 19.4. The Morgan fingerprint density at radius 3 is 1.18 bits per heavy atom. The zero-order chi connectivity index (χ0) is 36.2. The summed E-state index contributed by atoms with van der Waals surface area (Å²) in [7, 11) is -12.7. The lowest BCUT2D eigenvalue weighted by Gasteiger charge is -2.27. The summed E-state index contributed by atoms with van der Waals surface area (Å²) >= 11 is 0. The molecular weight excluding hydrogens is 702 g/mol. The quantitative estimate of drug-likeness (QED) is 0.120. The molecule has 0 aromatic carbocycles. The third kappa shape index (κ3) is 13.8. The molecule has 2 unspecified atom stereocenters. The van der Waals surface area contributed by atoms with Crippen LogP contribution in [0.2, 0.25) is 0 Å². The van der Waals surface area contributed by atoms with Gasteiger partial charge in [-0.15, -0.1) is 4.94 Å². The Kier molecular flexibility index (Phi) is 19.1. The van der Waals surface area contributed by atoms with E-state index in [-0.39, 0.29) is 25.7 Å². The summed E-state index contributed by atoms with van der Waals surface area (Å²) in [5.74, 6) is -2.81. The van der Waals surface area contributed by atoms with Crippen molar-refractivity contribution in [3.8, 4) is 0 Å². The van der Waals surface area contributed by atoms with Gasteiger partial charge in [-0.05, 0) is 30.2 Å². The Labute approximate surface area is 241 Å². The maximum Gasteiger partial charge on any atom is 0.467 e. The summed E-state index contributed by atoms with van der Waals surface area (Å²) in [6.07, 6.45) is -19.4. The summed E-state index contributed by atoms with van der Waals surface area (Å²) in [6.45, 7) is 6.35. The molecule has 0 aromatic rings. The van der Waals surface area contributed by atoms with Gasteiger partial charge in [-0.2, -0.15) is 73.9 Å². The highest BCUT2D eigenvalue weighted by molar-refractivity contribution is 7.87. The lowest BCUT2D eigenvalue weighted by atomic mass is 10.1. The second-order valence-electron chi connectivity index (χ2n) is 8.06. The van der Waals surface area contributed by atoms with Crippen LogP contribution in [0.1, 0.15) is 66.2 Å². The third-order valence-corrected chi connectivity index (χ3v) is 6.38. The molecule has 0 amide bonds. The second kappa shape index (κ2) is 18.0. The van der Waals surface area contributed by atoms with Crippen molar-refractivity contribution in [1.82, 2.24) is 0 Å². The number of ether oxygens (including phenoxy) is 2.